The Bertz CT molecular complexity index is 2010. The summed E-state index contributed by atoms with van der Waals surface area (Å²) >= 11 is -1.62. The van der Waals surface area contributed by atoms with Crippen molar-refractivity contribution in [2.75, 3.05) is 25.5 Å². The smallest absolute Gasteiger partial charge is 0.295 e. The molecule has 3 aromatic heterocycles. The van der Waals surface area contributed by atoms with Crippen molar-refractivity contribution < 1.29 is 18.4 Å². The third-order valence-electron chi connectivity index (χ3n) is 7.84. The van der Waals surface area contributed by atoms with Crippen LogP contribution < -0.4 is 36.6 Å². The Labute approximate surface area is 278 Å². The lowest BCUT2D eigenvalue weighted by molar-refractivity contribution is 0.162. The van der Waals surface area contributed by atoms with Crippen LogP contribution in [-0.2, 0) is 17.7 Å². The number of halogens is 1. The molecule has 0 radical (unpaired) electrons. The maximum atomic E-state index is 14.5. The molecular weight excluding hydrogens is 637 g/mol. The summed E-state index contributed by atoms with van der Waals surface area (Å²) < 4.78 is 41.5. The van der Waals surface area contributed by atoms with Crippen molar-refractivity contribution in [2.45, 2.75) is 30.4 Å². The molecule has 0 bridgehead atoms. The van der Waals surface area contributed by atoms with Crippen molar-refractivity contribution in [2.24, 2.45) is 0 Å². The molecule has 4 N–H and O–H groups in total. The third-order valence-corrected chi connectivity index (χ3v) is 9.41. The fraction of sp³-hybridized carbons (Fsp3) is 0.212. The van der Waals surface area contributed by atoms with Crippen LogP contribution in [0.1, 0.15) is 12.8 Å². The molecule has 1 saturated heterocycles. The quantitative estimate of drug-likeness (QED) is 0.159. The van der Waals surface area contributed by atoms with E-state index in [0.717, 1.165) is 37.4 Å². The molecular formula is C33H32FN9O4S. The Morgan fingerprint density at radius 1 is 1.06 bits per heavy atom. The molecule has 0 spiro atoms. The highest BCUT2D eigenvalue weighted by molar-refractivity contribution is 7.95. The van der Waals surface area contributed by atoms with E-state index in [1.165, 1.54) is 28.8 Å². The van der Waals surface area contributed by atoms with Crippen LogP contribution in [-0.4, -0.2) is 55.3 Å². The monoisotopic (exact) mass is 669 g/mol. The average molecular weight is 670 g/mol. The van der Waals surface area contributed by atoms with Crippen LogP contribution in [0.3, 0.4) is 0 Å². The summed E-state index contributed by atoms with van der Waals surface area (Å²) in [5, 5.41) is 8.99. The van der Waals surface area contributed by atoms with Gasteiger partial charge in [-0.25, -0.2) is 9.37 Å². The van der Waals surface area contributed by atoms with E-state index in [9.17, 15) is 13.7 Å². The van der Waals surface area contributed by atoms with Crippen molar-refractivity contribution >= 4 is 33.8 Å². The molecule has 7 rings (SSSR count). The Hall–Kier alpha value is -5.22. The van der Waals surface area contributed by atoms with Crippen molar-refractivity contribution in [1.29, 1.82) is 0 Å². The lowest BCUT2D eigenvalue weighted by Crippen LogP contribution is -2.36. The zero-order valence-corrected chi connectivity index (χ0v) is 26.7. The molecule has 1 atom stereocenters. The van der Waals surface area contributed by atoms with Crippen LogP contribution in [0.5, 0.6) is 17.2 Å². The Morgan fingerprint density at radius 3 is 2.60 bits per heavy atom. The summed E-state index contributed by atoms with van der Waals surface area (Å²) in [6, 6.07) is 18.2. The van der Waals surface area contributed by atoms with Gasteiger partial charge in [0.2, 0.25) is 5.95 Å². The highest BCUT2D eigenvalue weighted by Gasteiger charge is 2.33. The molecule has 0 aliphatic carbocycles. The van der Waals surface area contributed by atoms with Gasteiger partial charge in [0.15, 0.2) is 22.2 Å². The maximum Gasteiger partial charge on any atom is 0.295 e. The second-order valence-corrected chi connectivity index (χ2v) is 12.5. The van der Waals surface area contributed by atoms with Gasteiger partial charge in [-0.15, -0.1) is 5.53 Å². The molecule has 2 aliphatic heterocycles. The third kappa shape index (κ3) is 6.75. The minimum atomic E-state index is -1.62. The van der Waals surface area contributed by atoms with Gasteiger partial charge in [-0.1, -0.05) is 12.1 Å². The van der Waals surface area contributed by atoms with E-state index in [1.807, 2.05) is 24.3 Å². The normalized spacial score (nSPS) is 15.8. The zero-order valence-electron chi connectivity index (χ0n) is 25.9. The molecule has 0 saturated carbocycles. The number of allylic oxidation sites excluding steroid dienone is 1. The standard InChI is InChI=1S/C33H32FN9O4S/c1-42-32(48(45)25-12-16-36-17-13-25)27(40-41-42)20-43-30-21(18-29(31(43)44)47-28-5-3-2-4-26(28)34)19-37-33(39-30)38-22-6-8-23(9-7-22)46-24-10-14-35-15-11-24/h2-9,12-13,16-19,24,35,40-41H,10-11,14-15,20H2,1H3,(H,37,38,39). The predicted octanol–water partition coefficient (Wildman–Crippen LogP) is 3.92. The van der Waals surface area contributed by atoms with Crippen LogP contribution in [0.15, 0.2) is 106 Å². The van der Waals surface area contributed by atoms with E-state index in [0.29, 0.717) is 21.0 Å². The number of pyridine rings is 2. The second-order valence-electron chi connectivity index (χ2n) is 11.2. The topological polar surface area (TPSA) is 154 Å². The van der Waals surface area contributed by atoms with Gasteiger partial charge in [-0.3, -0.25) is 24.8 Å². The number of nitrogens with one attached hydrogen (secondary N) is 4. The second kappa shape index (κ2) is 13.9. The zero-order chi connectivity index (χ0) is 33.0. The maximum absolute atomic E-state index is 14.5. The number of para-hydroxylation sites is 1. The number of piperidine rings is 1. The van der Waals surface area contributed by atoms with Gasteiger partial charge in [0.1, 0.15) is 23.2 Å². The number of aromatic nitrogens is 4. The average Bonchev–Trinajstić information content (AvgIpc) is 3.48. The highest BCUT2D eigenvalue weighted by atomic mass is 32.2. The van der Waals surface area contributed by atoms with Crippen molar-refractivity contribution in [1.82, 2.24) is 40.8 Å². The van der Waals surface area contributed by atoms with Crippen molar-refractivity contribution in [3.05, 3.63) is 112 Å². The number of benzene rings is 2. The molecule has 5 heterocycles. The van der Waals surface area contributed by atoms with E-state index < -0.39 is 22.6 Å². The molecule has 1 unspecified atom stereocenters. The van der Waals surface area contributed by atoms with Crippen LogP contribution in [0.2, 0.25) is 0 Å². The number of rotatable bonds is 10. The summed E-state index contributed by atoms with van der Waals surface area (Å²) in [6.45, 7) is 1.80. The van der Waals surface area contributed by atoms with Gasteiger partial charge in [0, 0.05) is 60.0 Å². The van der Waals surface area contributed by atoms with Crippen LogP contribution in [0.25, 0.3) is 11.0 Å². The Kier molecular flexibility index (Phi) is 9.07. The fourth-order valence-electron chi connectivity index (χ4n) is 5.44. The first-order chi connectivity index (χ1) is 23.4. The van der Waals surface area contributed by atoms with E-state index in [1.54, 1.807) is 48.8 Å². The molecule has 48 heavy (non-hydrogen) atoms. The molecule has 2 aromatic carbocycles. The molecule has 13 nitrogen and oxygen atoms in total. The molecule has 5 aromatic rings. The first-order valence-corrected chi connectivity index (χ1v) is 16.5. The minimum Gasteiger partial charge on any atom is -0.605 e. The van der Waals surface area contributed by atoms with Crippen LogP contribution >= 0.6 is 0 Å². The Balaban J connectivity index is 1.24. The highest BCUT2D eigenvalue weighted by Crippen LogP contribution is 2.29. The van der Waals surface area contributed by atoms with E-state index in [2.05, 4.69) is 31.6 Å². The van der Waals surface area contributed by atoms with Gasteiger partial charge >= 0.3 is 0 Å². The number of hydrazine groups is 2. The number of anilines is 2. The Morgan fingerprint density at radius 2 is 1.83 bits per heavy atom. The van der Waals surface area contributed by atoms with Gasteiger partial charge < -0.3 is 24.7 Å². The first-order valence-electron chi connectivity index (χ1n) is 15.3. The number of nitrogens with zero attached hydrogens (tertiary/aromatic N) is 5. The van der Waals surface area contributed by atoms with Crippen LogP contribution in [0.4, 0.5) is 16.0 Å². The minimum absolute atomic E-state index is 0.0769. The van der Waals surface area contributed by atoms with Crippen molar-refractivity contribution in [3.63, 3.8) is 0 Å². The van der Waals surface area contributed by atoms with E-state index in [-0.39, 0.29) is 35.7 Å². The van der Waals surface area contributed by atoms with Crippen LogP contribution in [0, 0.1) is 5.82 Å². The van der Waals surface area contributed by atoms with Gasteiger partial charge in [-0.2, -0.15) is 4.98 Å². The SMILES string of the molecule is CN1NNC(Cn2c(=O)c(Oc3ccccc3F)cc3cnc(Nc4ccc(OC5CCNCC5)cc4)nc32)=C1[S+]([O-])c1ccncc1. The summed E-state index contributed by atoms with van der Waals surface area (Å²) in [5.41, 5.74) is 6.85. The summed E-state index contributed by atoms with van der Waals surface area (Å²) in [4.78, 5) is 27.8. The molecule has 0 amide bonds. The molecule has 1 fully saturated rings. The number of hydrogen-bond donors (Lipinski definition) is 4. The van der Waals surface area contributed by atoms with Gasteiger partial charge in [0.05, 0.1) is 6.54 Å². The molecule has 15 heteroatoms. The number of hydrogen-bond acceptors (Lipinski definition) is 12. The lowest BCUT2D eigenvalue weighted by Gasteiger charge is -2.23. The first kappa shape index (κ1) is 31.4. The van der Waals surface area contributed by atoms with E-state index >= 15 is 0 Å². The summed E-state index contributed by atoms with van der Waals surface area (Å²) in [5.74, 6) is 0.172. The predicted molar refractivity (Wildman–Crippen MR) is 178 cm³/mol. The summed E-state index contributed by atoms with van der Waals surface area (Å²) in [7, 11) is 1.71. The van der Waals surface area contributed by atoms with Gasteiger partial charge in [0.25, 0.3) is 10.6 Å². The van der Waals surface area contributed by atoms with Crippen molar-refractivity contribution in [3.8, 4) is 17.2 Å². The lowest BCUT2D eigenvalue weighted by atomic mass is 10.1. The summed E-state index contributed by atoms with van der Waals surface area (Å²) in [6.07, 6.45) is 6.77. The van der Waals surface area contributed by atoms with E-state index in [4.69, 9.17) is 14.5 Å². The largest absolute Gasteiger partial charge is 0.605 e. The molecule has 2 aliphatic rings. The molecule has 246 valence electrons. The number of fused-ring (bicyclic) bond motifs is 1. The fourth-order valence-corrected chi connectivity index (χ4v) is 6.67. The van der Waals surface area contributed by atoms with Gasteiger partial charge in [-0.05, 0) is 68.4 Å². The number of ether oxygens (including phenoxy) is 2.